The predicted molar refractivity (Wildman–Crippen MR) is 109 cm³/mol. The van der Waals surface area contributed by atoms with Crippen molar-refractivity contribution in [3.8, 4) is 0 Å². The topological polar surface area (TPSA) is 57.2 Å². The Balaban J connectivity index is 1.18. The number of H-pyrrole nitrogens is 1. The summed E-state index contributed by atoms with van der Waals surface area (Å²) in [5.41, 5.74) is 1.93. The standard InChI is InChI=1S/C21H27N5O/c27-21-23-18-8-2-3-9-19(18)26(21)13-7-1-6-12-24-14-16-25(17-15-24)20-10-4-5-11-22-20/h2-5,8-11H,1,6-7,12-17H2,(H,23,27). The number of nitrogens with one attached hydrogen (secondary N) is 1. The molecule has 1 aromatic carbocycles. The Morgan fingerprint density at radius 2 is 1.67 bits per heavy atom. The summed E-state index contributed by atoms with van der Waals surface area (Å²) < 4.78 is 1.86. The zero-order valence-electron chi connectivity index (χ0n) is 15.7. The first-order valence-corrected chi connectivity index (χ1v) is 9.87. The molecule has 1 aliphatic heterocycles. The molecule has 0 saturated carbocycles. The minimum Gasteiger partial charge on any atom is -0.354 e. The smallest absolute Gasteiger partial charge is 0.326 e. The molecule has 1 fully saturated rings. The minimum absolute atomic E-state index is 0.00171. The predicted octanol–water partition coefficient (Wildman–Crippen LogP) is 2.72. The van der Waals surface area contributed by atoms with Crippen molar-refractivity contribution in [1.82, 2.24) is 19.4 Å². The van der Waals surface area contributed by atoms with E-state index in [1.165, 1.54) is 6.42 Å². The summed E-state index contributed by atoms with van der Waals surface area (Å²) in [5.74, 6) is 1.08. The van der Waals surface area contributed by atoms with Gasteiger partial charge in [0.2, 0.25) is 0 Å². The Labute approximate surface area is 159 Å². The number of hydrogen-bond acceptors (Lipinski definition) is 4. The maximum atomic E-state index is 12.1. The highest BCUT2D eigenvalue weighted by Gasteiger charge is 2.17. The third-order valence-electron chi connectivity index (χ3n) is 5.38. The van der Waals surface area contributed by atoms with Crippen molar-refractivity contribution < 1.29 is 0 Å². The van der Waals surface area contributed by atoms with Gasteiger partial charge in [0.1, 0.15) is 5.82 Å². The Hall–Kier alpha value is -2.60. The van der Waals surface area contributed by atoms with E-state index < -0.39 is 0 Å². The lowest BCUT2D eigenvalue weighted by Crippen LogP contribution is -2.46. The third kappa shape index (κ3) is 4.22. The monoisotopic (exact) mass is 365 g/mol. The maximum Gasteiger partial charge on any atom is 0.326 e. The highest BCUT2D eigenvalue weighted by Crippen LogP contribution is 2.14. The Bertz CT molecular complexity index is 909. The lowest BCUT2D eigenvalue weighted by molar-refractivity contribution is 0.251. The van der Waals surface area contributed by atoms with Crippen molar-refractivity contribution >= 4 is 16.9 Å². The van der Waals surface area contributed by atoms with Gasteiger partial charge in [-0.2, -0.15) is 0 Å². The van der Waals surface area contributed by atoms with Gasteiger partial charge < -0.3 is 9.88 Å². The van der Waals surface area contributed by atoms with Crippen LogP contribution in [0, 0.1) is 0 Å². The second-order valence-corrected chi connectivity index (χ2v) is 7.18. The Kier molecular flexibility index (Phi) is 5.53. The van der Waals surface area contributed by atoms with Crippen molar-refractivity contribution in [2.45, 2.75) is 25.8 Å². The summed E-state index contributed by atoms with van der Waals surface area (Å²) in [6.07, 6.45) is 5.23. The zero-order chi connectivity index (χ0) is 18.5. The van der Waals surface area contributed by atoms with Crippen LogP contribution in [0.4, 0.5) is 5.82 Å². The van der Waals surface area contributed by atoms with Crippen molar-refractivity contribution in [3.63, 3.8) is 0 Å². The van der Waals surface area contributed by atoms with E-state index in [0.29, 0.717) is 0 Å². The number of aromatic amines is 1. The number of nitrogens with zero attached hydrogens (tertiary/aromatic N) is 4. The average Bonchev–Trinajstić information content (AvgIpc) is 3.04. The van der Waals surface area contributed by atoms with Crippen molar-refractivity contribution in [2.24, 2.45) is 0 Å². The van der Waals surface area contributed by atoms with Crippen LogP contribution in [0.15, 0.2) is 53.5 Å². The number of piperazine rings is 1. The van der Waals surface area contributed by atoms with E-state index in [2.05, 4.69) is 25.8 Å². The number of pyridine rings is 1. The van der Waals surface area contributed by atoms with E-state index in [0.717, 1.165) is 69.0 Å². The van der Waals surface area contributed by atoms with Gasteiger partial charge in [-0.1, -0.05) is 24.6 Å². The minimum atomic E-state index is 0.00171. The number of rotatable bonds is 7. The maximum absolute atomic E-state index is 12.1. The van der Waals surface area contributed by atoms with Gasteiger partial charge in [-0.3, -0.25) is 9.47 Å². The number of anilines is 1. The first-order chi connectivity index (χ1) is 13.3. The molecular formula is C21H27N5O. The molecule has 0 atom stereocenters. The van der Waals surface area contributed by atoms with Gasteiger partial charge in [-0.25, -0.2) is 9.78 Å². The van der Waals surface area contributed by atoms with Gasteiger partial charge in [-0.05, 0) is 43.7 Å². The summed E-state index contributed by atoms with van der Waals surface area (Å²) in [6.45, 7) is 6.20. The second kappa shape index (κ2) is 8.39. The van der Waals surface area contributed by atoms with Crippen molar-refractivity contribution in [2.75, 3.05) is 37.6 Å². The van der Waals surface area contributed by atoms with Gasteiger partial charge in [-0.15, -0.1) is 0 Å². The normalized spacial score (nSPS) is 15.5. The van der Waals surface area contributed by atoms with Crippen molar-refractivity contribution in [1.29, 1.82) is 0 Å². The lowest BCUT2D eigenvalue weighted by atomic mass is 10.2. The van der Waals surface area contributed by atoms with E-state index in [9.17, 15) is 4.79 Å². The van der Waals surface area contributed by atoms with E-state index in [4.69, 9.17) is 0 Å². The summed E-state index contributed by atoms with van der Waals surface area (Å²) in [4.78, 5) is 24.4. The molecule has 6 nitrogen and oxygen atoms in total. The number of imidazole rings is 1. The third-order valence-corrected chi connectivity index (χ3v) is 5.38. The van der Waals surface area contributed by atoms with E-state index in [1.54, 1.807) is 0 Å². The molecule has 1 aliphatic rings. The molecule has 4 rings (SSSR count). The fourth-order valence-electron chi connectivity index (χ4n) is 3.85. The summed E-state index contributed by atoms with van der Waals surface area (Å²) in [7, 11) is 0. The molecule has 0 bridgehead atoms. The number of aromatic nitrogens is 3. The molecule has 1 N–H and O–H groups in total. The van der Waals surface area contributed by atoms with Crippen LogP contribution in [0.25, 0.3) is 11.0 Å². The molecule has 3 aromatic rings. The molecule has 0 radical (unpaired) electrons. The average molecular weight is 365 g/mol. The Morgan fingerprint density at radius 1 is 0.889 bits per heavy atom. The molecule has 142 valence electrons. The molecular weight excluding hydrogens is 338 g/mol. The molecule has 0 amide bonds. The van der Waals surface area contributed by atoms with Gasteiger partial charge in [0.15, 0.2) is 0 Å². The van der Waals surface area contributed by atoms with Gasteiger partial charge >= 0.3 is 5.69 Å². The molecule has 0 spiro atoms. The van der Waals surface area contributed by atoms with Crippen LogP contribution in [-0.2, 0) is 6.54 Å². The molecule has 2 aromatic heterocycles. The number of aryl methyl sites for hydroxylation is 1. The highest BCUT2D eigenvalue weighted by atomic mass is 16.1. The number of fused-ring (bicyclic) bond motifs is 1. The fraction of sp³-hybridized carbons (Fsp3) is 0.429. The van der Waals surface area contributed by atoms with Crippen LogP contribution in [0.5, 0.6) is 0 Å². The zero-order valence-corrected chi connectivity index (χ0v) is 15.7. The summed E-state index contributed by atoms with van der Waals surface area (Å²) in [6, 6.07) is 14.0. The first-order valence-electron chi connectivity index (χ1n) is 9.87. The second-order valence-electron chi connectivity index (χ2n) is 7.18. The summed E-state index contributed by atoms with van der Waals surface area (Å²) >= 11 is 0. The van der Waals surface area contributed by atoms with Crippen LogP contribution >= 0.6 is 0 Å². The number of benzene rings is 1. The largest absolute Gasteiger partial charge is 0.354 e. The quantitative estimate of drug-likeness (QED) is 0.654. The van der Waals surface area contributed by atoms with Crippen LogP contribution < -0.4 is 10.6 Å². The Morgan fingerprint density at radius 3 is 2.48 bits per heavy atom. The van der Waals surface area contributed by atoms with Crippen LogP contribution in [-0.4, -0.2) is 52.2 Å². The molecule has 6 heteroatoms. The SMILES string of the molecule is O=c1[nH]c2ccccc2n1CCCCCN1CCN(c2ccccn2)CC1. The molecule has 0 aliphatic carbocycles. The van der Waals surface area contributed by atoms with Gasteiger partial charge in [0.25, 0.3) is 0 Å². The van der Waals surface area contributed by atoms with E-state index in [1.807, 2.05) is 47.2 Å². The van der Waals surface area contributed by atoms with Gasteiger partial charge in [0.05, 0.1) is 11.0 Å². The number of hydrogen-bond donors (Lipinski definition) is 1. The van der Waals surface area contributed by atoms with E-state index in [-0.39, 0.29) is 5.69 Å². The van der Waals surface area contributed by atoms with Gasteiger partial charge in [0, 0.05) is 38.9 Å². The molecule has 0 unspecified atom stereocenters. The molecule has 1 saturated heterocycles. The van der Waals surface area contributed by atoms with Crippen LogP contribution in [0.2, 0.25) is 0 Å². The molecule has 27 heavy (non-hydrogen) atoms. The number of unbranched alkanes of at least 4 members (excludes halogenated alkanes) is 2. The highest BCUT2D eigenvalue weighted by molar-refractivity contribution is 5.74. The van der Waals surface area contributed by atoms with Crippen LogP contribution in [0.3, 0.4) is 0 Å². The fourth-order valence-corrected chi connectivity index (χ4v) is 3.85. The molecule has 3 heterocycles. The van der Waals surface area contributed by atoms with Crippen molar-refractivity contribution in [3.05, 3.63) is 59.1 Å². The summed E-state index contributed by atoms with van der Waals surface area (Å²) in [5, 5.41) is 0. The van der Waals surface area contributed by atoms with Crippen LogP contribution in [0.1, 0.15) is 19.3 Å². The van der Waals surface area contributed by atoms with E-state index >= 15 is 0 Å². The lowest BCUT2D eigenvalue weighted by Gasteiger charge is -2.35. The first kappa shape index (κ1) is 17.8. The number of para-hydroxylation sites is 2.